The van der Waals surface area contributed by atoms with E-state index in [1.165, 1.54) is 17.5 Å². The van der Waals surface area contributed by atoms with Crippen LogP contribution in [-0.2, 0) is 22.4 Å². The fourth-order valence-corrected chi connectivity index (χ4v) is 3.70. The molecule has 7 heteroatoms. The Labute approximate surface area is 181 Å². The molecule has 0 saturated heterocycles. The lowest BCUT2D eigenvalue weighted by molar-refractivity contribution is -0.123. The second kappa shape index (κ2) is 10.3. The molecule has 30 heavy (non-hydrogen) atoms. The molecular weight excluding hydrogens is 402 g/mol. The van der Waals surface area contributed by atoms with Gasteiger partial charge in [-0.15, -0.1) is 0 Å². The largest absolute Gasteiger partial charge is 0.483 e. The second-order valence-corrected chi connectivity index (χ2v) is 7.89. The molecule has 0 saturated carbocycles. The summed E-state index contributed by atoms with van der Waals surface area (Å²) >= 11 is 5.91. The van der Waals surface area contributed by atoms with Crippen LogP contribution in [0.2, 0.25) is 5.02 Å². The number of carbonyl (C=O) groups is 2. The minimum atomic E-state index is -0.402. The third-order valence-corrected chi connectivity index (χ3v) is 5.19. The van der Waals surface area contributed by atoms with E-state index in [0.717, 1.165) is 30.5 Å². The summed E-state index contributed by atoms with van der Waals surface area (Å²) in [4.78, 5) is 24.4. The monoisotopic (exact) mass is 427 g/mol. The molecular formula is C23H26ClN3O3. The van der Waals surface area contributed by atoms with Crippen molar-refractivity contribution < 1.29 is 14.3 Å². The van der Waals surface area contributed by atoms with Crippen LogP contribution in [-0.4, -0.2) is 24.1 Å². The van der Waals surface area contributed by atoms with Crippen molar-refractivity contribution in [2.24, 2.45) is 5.10 Å². The predicted molar refractivity (Wildman–Crippen MR) is 119 cm³/mol. The lowest BCUT2D eigenvalue weighted by atomic mass is 9.90. The molecule has 2 aromatic carbocycles. The zero-order valence-corrected chi connectivity index (χ0v) is 18.0. The van der Waals surface area contributed by atoms with E-state index in [1.807, 2.05) is 19.1 Å². The summed E-state index contributed by atoms with van der Waals surface area (Å²) in [5.74, 6) is 0.0274. The van der Waals surface area contributed by atoms with Crippen molar-refractivity contribution in [3.8, 4) is 5.75 Å². The van der Waals surface area contributed by atoms with Crippen LogP contribution in [0.4, 0.5) is 5.69 Å². The normalized spacial score (nSPS) is 13.4. The Hall–Kier alpha value is -2.86. The predicted octanol–water partition coefficient (Wildman–Crippen LogP) is 4.43. The molecule has 2 amide bonds. The number of aryl methyl sites for hydroxylation is 2. The van der Waals surface area contributed by atoms with Crippen LogP contribution in [0.1, 0.15) is 42.9 Å². The number of hydrazone groups is 1. The average Bonchev–Trinajstić information content (AvgIpc) is 2.72. The van der Waals surface area contributed by atoms with E-state index in [1.54, 1.807) is 25.1 Å². The molecule has 158 valence electrons. The van der Waals surface area contributed by atoms with Crippen LogP contribution in [0.15, 0.2) is 41.5 Å². The van der Waals surface area contributed by atoms with E-state index in [2.05, 4.69) is 21.9 Å². The maximum atomic E-state index is 12.4. The number of hydrogen-bond donors (Lipinski definition) is 2. The van der Waals surface area contributed by atoms with Gasteiger partial charge in [0.25, 0.3) is 5.91 Å². The first-order valence-corrected chi connectivity index (χ1v) is 10.4. The van der Waals surface area contributed by atoms with Gasteiger partial charge in [-0.1, -0.05) is 23.7 Å². The van der Waals surface area contributed by atoms with Crippen LogP contribution in [0, 0.1) is 6.92 Å². The van der Waals surface area contributed by atoms with Crippen molar-refractivity contribution >= 4 is 34.8 Å². The molecule has 0 aliphatic heterocycles. The summed E-state index contributed by atoms with van der Waals surface area (Å²) in [6.07, 6.45) is 4.48. The summed E-state index contributed by atoms with van der Waals surface area (Å²) in [5, 5.41) is 7.59. The summed E-state index contributed by atoms with van der Waals surface area (Å²) in [5.41, 5.74) is 7.19. The van der Waals surface area contributed by atoms with Crippen LogP contribution < -0.4 is 15.5 Å². The molecule has 3 rings (SSSR count). The second-order valence-electron chi connectivity index (χ2n) is 7.46. The van der Waals surface area contributed by atoms with E-state index in [0.29, 0.717) is 16.5 Å². The topological polar surface area (TPSA) is 79.8 Å². The van der Waals surface area contributed by atoms with Gasteiger partial charge in [-0.05, 0) is 80.5 Å². The molecule has 0 spiro atoms. The van der Waals surface area contributed by atoms with Crippen molar-refractivity contribution in [2.45, 2.75) is 46.0 Å². The maximum absolute atomic E-state index is 12.4. The fourth-order valence-electron chi connectivity index (χ4n) is 3.47. The van der Waals surface area contributed by atoms with E-state index in [4.69, 9.17) is 16.3 Å². The highest BCUT2D eigenvalue weighted by molar-refractivity contribution is 6.30. The van der Waals surface area contributed by atoms with Gasteiger partial charge in [0.1, 0.15) is 5.75 Å². The number of ether oxygens (including phenoxy) is 1. The average molecular weight is 428 g/mol. The van der Waals surface area contributed by atoms with Gasteiger partial charge in [-0.2, -0.15) is 5.10 Å². The first-order valence-electron chi connectivity index (χ1n) is 10.0. The quantitative estimate of drug-likeness (QED) is 0.506. The number of anilines is 1. The molecule has 2 N–H and O–H groups in total. The first kappa shape index (κ1) is 21.8. The van der Waals surface area contributed by atoms with E-state index >= 15 is 0 Å². The Morgan fingerprint density at radius 3 is 2.73 bits per heavy atom. The molecule has 0 bridgehead atoms. The number of carbonyl (C=O) groups excluding carboxylic acids is 2. The molecule has 0 aromatic heterocycles. The number of halogens is 1. The number of rotatable bonds is 7. The van der Waals surface area contributed by atoms with Gasteiger partial charge < -0.3 is 10.1 Å². The molecule has 0 unspecified atom stereocenters. The molecule has 0 radical (unpaired) electrons. The number of amides is 2. The smallest absolute Gasteiger partial charge is 0.277 e. The van der Waals surface area contributed by atoms with Crippen LogP contribution in [0.25, 0.3) is 0 Å². The number of hydrogen-bond acceptors (Lipinski definition) is 4. The van der Waals surface area contributed by atoms with Gasteiger partial charge in [0.15, 0.2) is 6.61 Å². The highest BCUT2D eigenvalue weighted by Crippen LogP contribution is 2.28. The molecule has 0 atom stereocenters. The first-order chi connectivity index (χ1) is 14.4. The standard InChI is InChI=1S/C23H26ClN3O3/c1-15-12-18(24)10-11-21(15)30-14-23(29)27-26-16(2)13-22(28)25-20-9-5-7-17-6-3-4-8-19(17)20/h5,7,9-12H,3-4,6,8,13-14H2,1-2H3,(H,25,28)(H,27,29)/b26-16-. The lowest BCUT2D eigenvalue weighted by Gasteiger charge is -2.19. The highest BCUT2D eigenvalue weighted by Gasteiger charge is 2.15. The van der Waals surface area contributed by atoms with Gasteiger partial charge in [-0.25, -0.2) is 5.43 Å². The van der Waals surface area contributed by atoms with E-state index < -0.39 is 5.91 Å². The van der Waals surface area contributed by atoms with Crippen LogP contribution >= 0.6 is 11.6 Å². The van der Waals surface area contributed by atoms with E-state index in [-0.39, 0.29) is 18.9 Å². The Kier molecular flexibility index (Phi) is 7.46. The van der Waals surface area contributed by atoms with Gasteiger partial charge in [0.05, 0.1) is 6.42 Å². The van der Waals surface area contributed by atoms with Crippen molar-refractivity contribution in [1.29, 1.82) is 0 Å². The number of benzene rings is 2. The van der Waals surface area contributed by atoms with Crippen molar-refractivity contribution in [1.82, 2.24) is 5.43 Å². The molecule has 1 aliphatic carbocycles. The van der Waals surface area contributed by atoms with Crippen LogP contribution in [0.3, 0.4) is 0 Å². The Morgan fingerprint density at radius 2 is 1.93 bits per heavy atom. The lowest BCUT2D eigenvalue weighted by Crippen LogP contribution is -2.26. The van der Waals surface area contributed by atoms with Crippen molar-refractivity contribution in [3.05, 3.63) is 58.1 Å². The molecule has 0 fully saturated rings. The van der Waals surface area contributed by atoms with Gasteiger partial charge in [0, 0.05) is 16.4 Å². The van der Waals surface area contributed by atoms with Crippen LogP contribution in [0.5, 0.6) is 5.75 Å². The molecule has 6 nitrogen and oxygen atoms in total. The highest BCUT2D eigenvalue weighted by atomic mass is 35.5. The zero-order chi connectivity index (χ0) is 21.5. The van der Waals surface area contributed by atoms with Crippen molar-refractivity contribution in [3.63, 3.8) is 0 Å². The Morgan fingerprint density at radius 1 is 1.13 bits per heavy atom. The molecule has 1 aliphatic rings. The summed E-state index contributed by atoms with van der Waals surface area (Å²) < 4.78 is 5.48. The Balaban J connectivity index is 1.47. The fraction of sp³-hybridized carbons (Fsp3) is 0.348. The van der Waals surface area contributed by atoms with Crippen molar-refractivity contribution in [2.75, 3.05) is 11.9 Å². The number of fused-ring (bicyclic) bond motifs is 1. The number of nitrogens with one attached hydrogen (secondary N) is 2. The summed E-state index contributed by atoms with van der Waals surface area (Å²) in [6, 6.07) is 11.2. The molecule has 2 aromatic rings. The minimum Gasteiger partial charge on any atom is -0.483 e. The summed E-state index contributed by atoms with van der Waals surface area (Å²) in [7, 11) is 0. The third-order valence-electron chi connectivity index (χ3n) is 4.95. The minimum absolute atomic E-state index is 0.0983. The third kappa shape index (κ3) is 6.07. The van der Waals surface area contributed by atoms with E-state index in [9.17, 15) is 9.59 Å². The summed E-state index contributed by atoms with van der Waals surface area (Å²) in [6.45, 7) is 3.37. The SMILES string of the molecule is C/C(CC(=O)Nc1cccc2c1CCCC2)=N/NC(=O)COc1ccc(Cl)cc1C. The van der Waals surface area contributed by atoms with Gasteiger partial charge >= 0.3 is 0 Å². The van der Waals surface area contributed by atoms with Gasteiger partial charge in [0.2, 0.25) is 5.91 Å². The number of nitrogens with zero attached hydrogens (tertiary/aromatic N) is 1. The zero-order valence-electron chi connectivity index (χ0n) is 17.3. The maximum Gasteiger partial charge on any atom is 0.277 e. The molecule has 0 heterocycles. The Bertz CT molecular complexity index is 972. The van der Waals surface area contributed by atoms with Gasteiger partial charge in [-0.3, -0.25) is 9.59 Å².